The number of hydrogen-bond donors (Lipinski definition) is 3. The molecule has 1 spiro atoms. The number of carbonyl (C=O) groups excluding carboxylic acids is 3. The standard InChI is InChI=1S/C29H35N3O5/c1-2-28-14-15-29(37-28)23(22(28)25(34)30-18-20-10-5-3-6-11-20)27(36)32(16-9-17-33)24(29)26(35)31-19-21-12-7-4-8-13-21/h3-8,10-13,22-24,33H,2,9,14-19H2,1H3,(H,30,34)(H,31,35)/t22-,23+,24?,28+,29?/m1/s1. The van der Waals surface area contributed by atoms with E-state index < -0.39 is 29.1 Å². The van der Waals surface area contributed by atoms with E-state index in [1.54, 1.807) is 4.90 Å². The van der Waals surface area contributed by atoms with Gasteiger partial charge in [-0.3, -0.25) is 14.4 Å². The first-order chi connectivity index (χ1) is 18.0. The van der Waals surface area contributed by atoms with Crippen molar-refractivity contribution >= 4 is 17.7 Å². The number of fused-ring (bicyclic) bond motifs is 1. The number of carbonyl (C=O) groups is 3. The van der Waals surface area contributed by atoms with Crippen LogP contribution in [-0.2, 0) is 32.2 Å². The van der Waals surface area contributed by atoms with Crippen molar-refractivity contribution in [2.45, 2.75) is 62.9 Å². The number of aliphatic hydroxyl groups excluding tert-OH is 1. The Hall–Kier alpha value is -3.23. The molecule has 2 aromatic rings. The zero-order valence-corrected chi connectivity index (χ0v) is 21.2. The highest BCUT2D eigenvalue weighted by Gasteiger charge is 2.78. The Kier molecular flexibility index (Phi) is 7.05. The zero-order chi connectivity index (χ0) is 26.0. The van der Waals surface area contributed by atoms with E-state index in [9.17, 15) is 19.5 Å². The summed E-state index contributed by atoms with van der Waals surface area (Å²) in [5.74, 6) is -2.13. The van der Waals surface area contributed by atoms with E-state index in [0.29, 0.717) is 38.8 Å². The molecule has 3 saturated heterocycles. The first kappa shape index (κ1) is 25.4. The summed E-state index contributed by atoms with van der Waals surface area (Å²) >= 11 is 0. The number of amides is 3. The third kappa shape index (κ3) is 4.32. The van der Waals surface area contributed by atoms with Crippen molar-refractivity contribution in [3.63, 3.8) is 0 Å². The number of nitrogens with zero attached hydrogens (tertiary/aromatic N) is 1. The van der Waals surface area contributed by atoms with Gasteiger partial charge in [-0.25, -0.2) is 0 Å². The molecule has 3 N–H and O–H groups in total. The number of ether oxygens (including phenoxy) is 1. The molecule has 0 aliphatic carbocycles. The molecule has 8 heteroatoms. The molecule has 2 bridgehead atoms. The zero-order valence-electron chi connectivity index (χ0n) is 21.2. The van der Waals surface area contributed by atoms with Crippen LogP contribution in [0.1, 0.15) is 43.7 Å². The lowest BCUT2D eigenvalue weighted by molar-refractivity contribution is -0.147. The molecule has 3 amide bonds. The summed E-state index contributed by atoms with van der Waals surface area (Å²) in [5.41, 5.74) is 0.0943. The molecule has 0 saturated carbocycles. The van der Waals surface area contributed by atoms with E-state index in [4.69, 9.17) is 4.74 Å². The molecule has 3 aliphatic rings. The lowest BCUT2D eigenvalue weighted by Crippen LogP contribution is -2.55. The van der Waals surface area contributed by atoms with Crippen LogP contribution in [0.5, 0.6) is 0 Å². The fraction of sp³-hybridized carbons (Fsp3) is 0.483. The van der Waals surface area contributed by atoms with Gasteiger partial charge in [0.1, 0.15) is 11.6 Å². The molecule has 196 valence electrons. The van der Waals surface area contributed by atoms with Crippen LogP contribution in [0.3, 0.4) is 0 Å². The van der Waals surface area contributed by atoms with Crippen LogP contribution in [0.4, 0.5) is 0 Å². The summed E-state index contributed by atoms with van der Waals surface area (Å²) in [7, 11) is 0. The second kappa shape index (κ2) is 10.3. The first-order valence-corrected chi connectivity index (χ1v) is 13.2. The summed E-state index contributed by atoms with van der Waals surface area (Å²) in [5, 5.41) is 15.5. The quantitative estimate of drug-likeness (QED) is 0.459. The lowest BCUT2D eigenvalue weighted by atomic mass is 9.65. The van der Waals surface area contributed by atoms with Gasteiger partial charge < -0.3 is 25.4 Å². The van der Waals surface area contributed by atoms with Crippen LogP contribution in [0.25, 0.3) is 0 Å². The van der Waals surface area contributed by atoms with Gasteiger partial charge >= 0.3 is 0 Å². The highest BCUT2D eigenvalue weighted by Crippen LogP contribution is 2.64. The molecule has 2 aromatic carbocycles. The van der Waals surface area contributed by atoms with Crippen LogP contribution in [0.2, 0.25) is 0 Å². The molecule has 3 aliphatic heterocycles. The topological polar surface area (TPSA) is 108 Å². The monoisotopic (exact) mass is 505 g/mol. The molecular weight excluding hydrogens is 470 g/mol. The summed E-state index contributed by atoms with van der Waals surface area (Å²) in [6, 6.07) is 18.4. The minimum Gasteiger partial charge on any atom is -0.396 e. The molecule has 37 heavy (non-hydrogen) atoms. The largest absolute Gasteiger partial charge is 0.396 e. The van der Waals surface area contributed by atoms with E-state index in [0.717, 1.165) is 11.1 Å². The van der Waals surface area contributed by atoms with Gasteiger partial charge in [0.25, 0.3) is 0 Å². The Labute approximate surface area is 217 Å². The molecule has 5 rings (SSSR count). The number of rotatable bonds is 10. The summed E-state index contributed by atoms with van der Waals surface area (Å²) in [6.07, 6.45) is 2.09. The predicted molar refractivity (Wildman–Crippen MR) is 137 cm³/mol. The molecule has 5 atom stereocenters. The Morgan fingerprint density at radius 1 is 0.973 bits per heavy atom. The van der Waals surface area contributed by atoms with Crippen molar-refractivity contribution < 1.29 is 24.2 Å². The Balaban J connectivity index is 1.43. The average molecular weight is 506 g/mol. The minimum absolute atomic E-state index is 0.0967. The highest BCUT2D eigenvalue weighted by molar-refractivity contribution is 5.99. The number of likely N-dealkylation sites (tertiary alicyclic amines) is 1. The van der Waals surface area contributed by atoms with Gasteiger partial charge in [0, 0.05) is 26.2 Å². The van der Waals surface area contributed by atoms with Gasteiger partial charge in [0.15, 0.2) is 0 Å². The maximum absolute atomic E-state index is 13.9. The number of nitrogens with one attached hydrogen (secondary N) is 2. The van der Waals surface area contributed by atoms with E-state index in [1.807, 2.05) is 67.6 Å². The van der Waals surface area contributed by atoms with Gasteiger partial charge in [-0.05, 0) is 36.8 Å². The summed E-state index contributed by atoms with van der Waals surface area (Å²) < 4.78 is 6.73. The van der Waals surface area contributed by atoms with Crippen LogP contribution in [0, 0.1) is 11.8 Å². The number of benzene rings is 2. The second-order valence-electron chi connectivity index (χ2n) is 10.3. The molecule has 3 fully saturated rings. The molecule has 0 aromatic heterocycles. The van der Waals surface area contributed by atoms with Crippen LogP contribution in [-0.4, -0.2) is 58.1 Å². The van der Waals surface area contributed by atoms with Crippen molar-refractivity contribution in [1.82, 2.24) is 15.5 Å². The number of aliphatic hydroxyl groups is 1. The first-order valence-electron chi connectivity index (χ1n) is 13.2. The van der Waals surface area contributed by atoms with E-state index in [2.05, 4.69) is 10.6 Å². The van der Waals surface area contributed by atoms with Crippen molar-refractivity contribution in [2.75, 3.05) is 13.2 Å². The van der Waals surface area contributed by atoms with Crippen molar-refractivity contribution in [1.29, 1.82) is 0 Å². The Morgan fingerprint density at radius 2 is 1.57 bits per heavy atom. The molecule has 8 nitrogen and oxygen atoms in total. The maximum atomic E-state index is 13.9. The molecule has 3 heterocycles. The lowest BCUT2D eigenvalue weighted by Gasteiger charge is -2.34. The second-order valence-corrected chi connectivity index (χ2v) is 10.3. The van der Waals surface area contributed by atoms with Crippen LogP contribution in [0.15, 0.2) is 60.7 Å². The van der Waals surface area contributed by atoms with Gasteiger partial charge in [-0.2, -0.15) is 0 Å². The van der Waals surface area contributed by atoms with Crippen molar-refractivity contribution in [2.24, 2.45) is 11.8 Å². The van der Waals surface area contributed by atoms with Gasteiger partial charge in [0.05, 0.1) is 17.4 Å². The third-order valence-electron chi connectivity index (χ3n) is 8.39. The Bertz CT molecular complexity index is 1140. The normalized spacial score (nSPS) is 29.8. The SMILES string of the molecule is CC[C@@]12CCC3(O1)C(C(=O)NCc1ccccc1)N(CCCO)C(=O)[C@@H]3[C@@H]2C(=O)NCc1ccccc1. The molecule has 0 radical (unpaired) electrons. The van der Waals surface area contributed by atoms with Gasteiger partial charge in [-0.15, -0.1) is 0 Å². The molecular formula is C29H35N3O5. The van der Waals surface area contributed by atoms with Gasteiger partial charge in [-0.1, -0.05) is 67.6 Å². The number of hydrogen-bond acceptors (Lipinski definition) is 5. The predicted octanol–water partition coefficient (Wildman–Crippen LogP) is 2.16. The van der Waals surface area contributed by atoms with E-state index >= 15 is 0 Å². The smallest absolute Gasteiger partial charge is 0.246 e. The van der Waals surface area contributed by atoms with Crippen molar-refractivity contribution in [3.05, 3.63) is 71.8 Å². The Morgan fingerprint density at radius 3 is 2.14 bits per heavy atom. The van der Waals surface area contributed by atoms with E-state index in [1.165, 1.54) is 0 Å². The third-order valence-corrected chi connectivity index (χ3v) is 8.39. The van der Waals surface area contributed by atoms with Crippen molar-refractivity contribution in [3.8, 4) is 0 Å². The minimum atomic E-state index is -1.06. The highest BCUT2D eigenvalue weighted by atomic mass is 16.5. The van der Waals surface area contributed by atoms with Crippen LogP contribution < -0.4 is 10.6 Å². The fourth-order valence-corrected chi connectivity index (χ4v) is 6.67. The summed E-state index contributed by atoms with van der Waals surface area (Å²) in [4.78, 5) is 42.8. The average Bonchev–Trinajstić information content (AvgIpc) is 3.54. The fourth-order valence-electron chi connectivity index (χ4n) is 6.67. The van der Waals surface area contributed by atoms with Gasteiger partial charge in [0.2, 0.25) is 17.7 Å². The molecule has 2 unspecified atom stereocenters. The maximum Gasteiger partial charge on any atom is 0.246 e. The van der Waals surface area contributed by atoms with Crippen LogP contribution >= 0.6 is 0 Å². The summed E-state index contributed by atoms with van der Waals surface area (Å²) in [6.45, 7) is 2.81. The van der Waals surface area contributed by atoms with E-state index in [-0.39, 0.29) is 30.9 Å².